The molecule has 0 bridgehead atoms. The highest BCUT2D eigenvalue weighted by Gasteiger charge is 2.40. The van der Waals surface area contributed by atoms with Crippen LogP contribution in [-0.2, 0) is 9.84 Å². The van der Waals surface area contributed by atoms with Gasteiger partial charge in [-0.05, 0) is 32.4 Å². The summed E-state index contributed by atoms with van der Waals surface area (Å²) in [5.41, 5.74) is 0. The normalized spacial score (nSPS) is 34.2. The summed E-state index contributed by atoms with van der Waals surface area (Å²) in [4.78, 5) is 2.20. The lowest BCUT2D eigenvalue weighted by Crippen LogP contribution is -2.48. The van der Waals surface area contributed by atoms with E-state index in [0.29, 0.717) is 6.04 Å². The van der Waals surface area contributed by atoms with Crippen LogP contribution in [0.25, 0.3) is 0 Å². The Morgan fingerprint density at radius 2 is 2.16 bits per heavy atom. The van der Waals surface area contributed by atoms with Gasteiger partial charge in [0.1, 0.15) is 0 Å². The molecule has 112 valence electrons. The molecule has 19 heavy (non-hydrogen) atoms. The van der Waals surface area contributed by atoms with Gasteiger partial charge in [-0.2, -0.15) is 0 Å². The van der Waals surface area contributed by atoms with Crippen molar-refractivity contribution in [2.75, 3.05) is 31.1 Å². The van der Waals surface area contributed by atoms with Crippen molar-refractivity contribution in [2.45, 2.75) is 50.8 Å². The van der Waals surface area contributed by atoms with Gasteiger partial charge < -0.3 is 10.4 Å². The smallest absolute Gasteiger partial charge is 0.154 e. The summed E-state index contributed by atoms with van der Waals surface area (Å²) >= 11 is 0. The Hall–Kier alpha value is -0.170. The summed E-state index contributed by atoms with van der Waals surface area (Å²) in [6.07, 6.45) is 3.76. The minimum Gasteiger partial charge on any atom is -0.390 e. The SMILES string of the molecule is CCCCN(CC1CCCN1)C1CS(=O)(=O)CC1O. The lowest BCUT2D eigenvalue weighted by Gasteiger charge is -2.32. The van der Waals surface area contributed by atoms with Gasteiger partial charge in [0.25, 0.3) is 0 Å². The number of sulfone groups is 1. The summed E-state index contributed by atoms with van der Waals surface area (Å²) in [5, 5.41) is 13.5. The molecule has 2 fully saturated rings. The average molecular weight is 290 g/mol. The van der Waals surface area contributed by atoms with Crippen molar-refractivity contribution in [1.29, 1.82) is 0 Å². The van der Waals surface area contributed by atoms with Crippen LogP contribution in [0.3, 0.4) is 0 Å². The van der Waals surface area contributed by atoms with Gasteiger partial charge in [0.15, 0.2) is 9.84 Å². The first-order chi connectivity index (χ1) is 9.02. The summed E-state index contributed by atoms with van der Waals surface area (Å²) in [6.45, 7) is 4.93. The zero-order valence-corrected chi connectivity index (χ0v) is 12.5. The van der Waals surface area contributed by atoms with Crippen LogP contribution in [0, 0.1) is 0 Å². The molecule has 0 saturated carbocycles. The summed E-state index contributed by atoms with van der Waals surface area (Å²) in [6, 6.07) is 0.242. The van der Waals surface area contributed by atoms with E-state index in [0.717, 1.165) is 38.9 Å². The Balaban J connectivity index is 1.99. The minimum absolute atomic E-state index is 0.0710. The van der Waals surface area contributed by atoms with Crippen LogP contribution in [0.4, 0.5) is 0 Å². The molecule has 2 saturated heterocycles. The predicted octanol–water partition coefficient (Wildman–Crippen LogP) is -0.00160. The molecular formula is C13H26N2O3S. The number of aliphatic hydroxyl groups is 1. The molecule has 0 radical (unpaired) electrons. The molecule has 0 aromatic rings. The Kier molecular flexibility index (Phi) is 5.22. The number of nitrogens with zero attached hydrogens (tertiary/aromatic N) is 1. The second-order valence-electron chi connectivity index (χ2n) is 5.85. The van der Waals surface area contributed by atoms with Crippen molar-refractivity contribution in [1.82, 2.24) is 10.2 Å². The first kappa shape index (κ1) is 15.2. The minimum atomic E-state index is -3.06. The van der Waals surface area contributed by atoms with Gasteiger partial charge in [-0.3, -0.25) is 4.90 Å². The fourth-order valence-corrected chi connectivity index (χ4v) is 4.94. The van der Waals surface area contributed by atoms with Gasteiger partial charge in [0, 0.05) is 12.6 Å². The van der Waals surface area contributed by atoms with Gasteiger partial charge >= 0.3 is 0 Å². The van der Waals surface area contributed by atoms with E-state index in [9.17, 15) is 13.5 Å². The quantitative estimate of drug-likeness (QED) is 0.720. The highest BCUT2D eigenvalue weighted by atomic mass is 32.2. The second-order valence-corrected chi connectivity index (χ2v) is 8.01. The van der Waals surface area contributed by atoms with Gasteiger partial charge in [0.05, 0.1) is 23.7 Å². The van der Waals surface area contributed by atoms with Crippen LogP contribution in [0.1, 0.15) is 32.6 Å². The summed E-state index contributed by atoms with van der Waals surface area (Å²) in [7, 11) is -3.06. The molecule has 2 aliphatic rings. The number of aliphatic hydroxyl groups excluding tert-OH is 1. The molecule has 0 aromatic carbocycles. The van der Waals surface area contributed by atoms with E-state index in [1.807, 2.05) is 0 Å². The van der Waals surface area contributed by atoms with Gasteiger partial charge in [0.2, 0.25) is 0 Å². The molecule has 5 nitrogen and oxygen atoms in total. The molecule has 6 heteroatoms. The average Bonchev–Trinajstić information content (AvgIpc) is 2.92. The van der Waals surface area contributed by atoms with Crippen LogP contribution < -0.4 is 5.32 Å². The maximum absolute atomic E-state index is 11.7. The third-order valence-electron chi connectivity index (χ3n) is 4.18. The van der Waals surface area contributed by atoms with Crippen molar-refractivity contribution >= 4 is 9.84 Å². The molecule has 0 aliphatic carbocycles. The molecule has 2 rings (SSSR count). The number of rotatable bonds is 6. The lowest BCUT2D eigenvalue weighted by molar-refractivity contribution is 0.0766. The highest BCUT2D eigenvalue weighted by molar-refractivity contribution is 7.91. The van der Waals surface area contributed by atoms with E-state index in [2.05, 4.69) is 17.1 Å². The Morgan fingerprint density at radius 3 is 2.68 bits per heavy atom. The number of hydrogen-bond donors (Lipinski definition) is 2. The van der Waals surface area contributed by atoms with E-state index in [1.54, 1.807) is 0 Å². The Bertz CT molecular complexity index is 379. The van der Waals surface area contributed by atoms with E-state index in [4.69, 9.17) is 0 Å². The summed E-state index contributed by atoms with van der Waals surface area (Å²) in [5.74, 6) is 0.0446. The topological polar surface area (TPSA) is 69.6 Å². The maximum atomic E-state index is 11.7. The van der Waals surface area contributed by atoms with Crippen LogP contribution >= 0.6 is 0 Å². The first-order valence-electron chi connectivity index (χ1n) is 7.38. The molecule has 0 amide bonds. The molecule has 2 aliphatic heterocycles. The fraction of sp³-hybridized carbons (Fsp3) is 1.00. The van der Waals surface area contributed by atoms with Crippen molar-refractivity contribution in [3.63, 3.8) is 0 Å². The lowest BCUT2D eigenvalue weighted by atomic mass is 10.1. The van der Waals surface area contributed by atoms with E-state index >= 15 is 0 Å². The first-order valence-corrected chi connectivity index (χ1v) is 9.20. The van der Waals surface area contributed by atoms with Gasteiger partial charge in [-0.25, -0.2) is 8.42 Å². The zero-order valence-electron chi connectivity index (χ0n) is 11.7. The second kappa shape index (κ2) is 6.52. The number of hydrogen-bond acceptors (Lipinski definition) is 5. The van der Waals surface area contributed by atoms with Crippen LogP contribution in [-0.4, -0.2) is 67.8 Å². The van der Waals surface area contributed by atoms with Crippen LogP contribution in [0.15, 0.2) is 0 Å². The molecule has 0 aromatic heterocycles. The number of unbranched alkanes of at least 4 members (excludes halogenated alkanes) is 1. The molecule has 3 atom stereocenters. The van der Waals surface area contributed by atoms with E-state index < -0.39 is 15.9 Å². The standard InChI is InChI=1S/C13H26N2O3S/c1-2-3-7-15(8-11-5-4-6-14-11)12-9-19(17,18)10-13(12)16/h11-14,16H,2-10H2,1H3. The predicted molar refractivity (Wildman–Crippen MR) is 76.0 cm³/mol. The Morgan fingerprint density at radius 1 is 1.37 bits per heavy atom. The highest BCUT2D eigenvalue weighted by Crippen LogP contribution is 2.20. The third-order valence-corrected chi connectivity index (χ3v) is 5.88. The van der Waals surface area contributed by atoms with E-state index in [1.165, 1.54) is 6.42 Å². The van der Waals surface area contributed by atoms with E-state index in [-0.39, 0.29) is 17.5 Å². The van der Waals surface area contributed by atoms with Gasteiger partial charge in [-0.1, -0.05) is 13.3 Å². The number of nitrogens with one attached hydrogen (secondary N) is 1. The van der Waals surface area contributed by atoms with Crippen molar-refractivity contribution < 1.29 is 13.5 Å². The molecule has 2 heterocycles. The molecule has 0 spiro atoms. The zero-order chi connectivity index (χ0) is 13.9. The largest absolute Gasteiger partial charge is 0.390 e. The van der Waals surface area contributed by atoms with Crippen LogP contribution in [0.5, 0.6) is 0 Å². The van der Waals surface area contributed by atoms with Crippen molar-refractivity contribution in [3.05, 3.63) is 0 Å². The third kappa shape index (κ3) is 4.15. The van der Waals surface area contributed by atoms with Gasteiger partial charge in [-0.15, -0.1) is 0 Å². The molecule has 2 N–H and O–H groups in total. The van der Waals surface area contributed by atoms with Crippen LogP contribution in [0.2, 0.25) is 0 Å². The Labute approximate surface area is 116 Å². The maximum Gasteiger partial charge on any atom is 0.154 e. The summed E-state index contributed by atoms with van der Waals surface area (Å²) < 4.78 is 23.3. The van der Waals surface area contributed by atoms with Crippen molar-refractivity contribution in [2.24, 2.45) is 0 Å². The molecule has 3 unspecified atom stereocenters. The monoisotopic (exact) mass is 290 g/mol. The fourth-order valence-electron chi connectivity index (χ4n) is 3.11. The van der Waals surface area contributed by atoms with Crippen molar-refractivity contribution in [3.8, 4) is 0 Å². The molecular weight excluding hydrogens is 264 g/mol.